The summed E-state index contributed by atoms with van der Waals surface area (Å²) in [6, 6.07) is 0. The van der Waals surface area contributed by atoms with E-state index in [1.54, 1.807) is 0 Å². The lowest BCUT2D eigenvalue weighted by atomic mass is 9.85. The molecule has 0 spiro atoms. The van der Waals surface area contributed by atoms with E-state index < -0.39 is 14.1 Å². The maximum absolute atomic E-state index is 7.13. The molecule has 37 heavy (non-hydrogen) atoms. The van der Waals surface area contributed by atoms with Crippen LogP contribution in [-0.2, 0) is 18.6 Å². The predicted molar refractivity (Wildman–Crippen MR) is 160 cm³/mol. The maximum Gasteiger partial charge on any atom is 0.192 e. The van der Waals surface area contributed by atoms with Crippen LogP contribution in [0.25, 0.3) is 0 Å². The van der Waals surface area contributed by atoms with Crippen molar-refractivity contribution in [2.75, 3.05) is 19.8 Å². The molecule has 4 atom stereocenters. The van der Waals surface area contributed by atoms with Gasteiger partial charge in [-0.25, -0.2) is 0 Å². The second-order valence-electron chi connectivity index (χ2n) is 13.0. The maximum atomic E-state index is 7.13. The van der Waals surface area contributed by atoms with Crippen molar-refractivity contribution in [3.8, 4) is 0 Å². The van der Waals surface area contributed by atoms with Crippen molar-refractivity contribution < 1.29 is 18.6 Å². The Morgan fingerprint density at radius 2 is 1.59 bits per heavy atom. The molecule has 0 aromatic heterocycles. The highest BCUT2D eigenvalue weighted by Crippen LogP contribution is 2.47. The van der Waals surface area contributed by atoms with Crippen LogP contribution >= 0.6 is 0 Å². The van der Waals surface area contributed by atoms with Gasteiger partial charge in [0.2, 0.25) is 0 Å². The van der Waals surface area contributed by atoms with Crippen molar-refractivity contribution >= 4 is 8.32 Å². The van der Waals surface area contributed by atoms with Crippen molar-refractivity contribution in [2.24, 2.45) is 11.8 Å². The molecule has 2 rings (SSSR count). The van der Waals surface area contributed by atoms with Crippen LogP contribution in [-0.4, -0.2) is 46.1 Å². The Hall–Kier alpha value is -0.463. The Bertz CT molecular complexity index is 650. The standard InChI is InChI=1S/C32H60O4Si/c1-9-12-14-16-17-21-32(34-24-25-35-32)22-20-28-27(19-11-3)29(33-23-18-15-13-10-2)26-30(28)36-37(7,8)31(4,5)6/h10-11,27-30H,2-3,9,12-26H2,1,4-8H3/t27-,28-,29+,30?/m1/s1. The highest BCUT2D eigenvalue weighted by Gasteiger charge is 2.49. The van der Waals surface area contributed by atoms with E-state index in [4.69, 9.17) is 18.6 Å². The lowest BCUT2D eigenvalue weighted by Crippen LogP contribution is -2.45. The quantitative estimate of drug-likeness (QED) is 0.0936. The molecular formula is C32H60O4Si. The van der Waals surface area contributed by atoms with Gasteiger partial charge in [0, 0.05) is 19.4 Å². The van der Waals surface area contributed by atoms with E-state index in [1.807, 2.05) is 6.08 Å². The molecule has 1 saturated carbocycles. The monoisotopic (exact) mass is 536 g/mol. The van der Waals surface area contributed by atoms with E-state index in [0.29, 0.717) is 11.8 Å². The van der Waals surface area contributed by atoms with E-state index in [2.05, 4.69) is 60.0 Å². The van der Waals surface area contributed by atoms with Gasteiger partial charge in [-0.3, -0.25) is 0 Å². The predicted octanol–water partition coefficient (Wildman–Crippen LogP) is 9.21. The molecular weight excluding hydrogens is 476 g/mol. The number of unbranched alkanes of at least 4 members (excludes halogenated alkanes) is 6. The highest BCUT2D eigenvalue weighted by atomic mass is 28.4. The van der Waals surface area contributed by atoms with Crippen LogP contribution in [0.3, 0.4) is 0 Å². The summed E-state index contributed by atoms with van der Waals surface area (Å²) < 4.78 is 26.3. The first-order valence-electron chi connectivity index (χ1n) is 15.4. The summed E-state index contributed by atoms with van der Waals surface area (Å²) in [5.74, 6) is 0.473. The Labute approximate surface area is 231 Å². The van der Waals surface area contributed by atoms with Crippen LogP contribution in [0.1, 0.15) is 111 Å². The molecule has 2 fully saturated rings. The zero-order chi connectivity index (χ0) is 27.4. The van der Waals surface area contributed by atoms with Crippen LogP contribution in [0.2, 0.25) is 18.1 Å². The normalized spacial score (nSPS) is 26.0. The van der Waals surface area contributed by atoms with Crippen molar-refractivity contribution in [2.45, 2.75) is 147 Å². The summed E-state index contributed by atoms with van der Waals surface area (Å²) in [6.45, 7) is 24.3. The Morgan fingerprint density at radius 1 is 0.892 bits per heavy atom. The molecule has 0 radical (unpaired) electrons. The van der Waals surface area contributed by atoms with E-state index in [1.165, 1.54) is 32.1 Å². The minimum atomic E-state index is -1.91. The smallest absolute Gasteiger partial charge is 0.192 e. The van der Waals surface area contributed by atoms with E-state index >= 15 is 0 Å². The van der Waals surface area contributed by atoms with Gasteiger partial charge in [0.1, 0.15) is 0 Å². The Balaban J connectivity index is 2.14. The number of allylic oxidation sites excluding steroid dienone is 2. The molecule has 0 bridgehead atoms. The van der Waals surface area contributed by atoms with Crippen LogP contribution in [0.5, 0.6) is 0 Å². The fourth-order valence-electron chi connectivity index (χ4n) is 5.85. The van der Waals surface area contributed by atoms with E-state index in [0.717, 1.165) is 71.2 Å². The molecule has 1 heterocycles. The molecule has 0 aromatic carbocycles. The summed E-state index contributed by atoms with van der Waals surface area (Å²) in [5.41, 5.74) is 0. The number of rotatable bonds is 19. The molecule has 5 heteroatoms. The Morgan fingerprint density at radius 3 is 2.22 bits per heavy atom. The SMILES string of the molecule is C=CCCCCO[C@H]1CC(O[Si](C)(C)C(C)(C)C)[C@H](CCC2(CCCCCCC)OCCO2)[C@H]1CC=C. The van der Waals surface area contributed by atoms with Gasteiger partial charge in [-0.1, -0.05) is 65.5 Å². The number of ether oxygens (including phenoxy) is 3. The fraction of sp³-hybridized carbons (Fsp3) is 0.875. The number of hydrogen-bond acceptors (Lipinski definition) is 4. The fourth-order valence-corrected chi connectivity index (χ4v) is 7.23. The Kier molecular flexibility index (Phi) is 14.1. The third-order valence-electron chi connectivity index (χ3n) is 9.13. The van der Waals surface area contributed by atoms with Crippen molar-refractivity contribution in [1.29, 1.82) is 0 Å². The van der Waals surface area contributed by atoms with Crippen LogP contribution in [0.4, 0.5) is 0 Å². The third kappa shape index (κ3) is 10.2. The molecule has 1 aliphatic carbocycles. The minimum absolute atomic E-state index is 0.187. The highest BCUT2D eigenvalue weighted by molar-refractivity contribution is 6.74. The summed E-state index contributed by atoms with van der Waals surface area (Å²) in [6.07, 6.45) is 19.2. The van der Waals surface area contributed by atoms with Crippen LogP contribution < -0.4 is 0 Å². The lowest BCUT2D eigenvalue weighted by molar-refractivity contribution is -0.171. The average molecular weight is 537 g/mol. The second kappa shape index (κ2) is 16.0. The first-order valence-corrected chi connectivity index (χ1v) is 18.3. The lowest BCUT2D eigenvalue weighted by Gasteiger charge is -2.40. The average Bonchev–Trinajstić information content (AvgIpc) is 3.42. The van der Waals surface area contributed by atoms with E-state index in [-0.39, 0.29) is 17.2 Å². The minimum Gasteiger partial charge on any atom is -0.414 e. The van der Waals surface area contributed by atoms with Gasteiger partial charge >= 0.3 is 0 Å². The molecule has 1 unspecified atom stereocenters. The summed E-state index contributed by atoms with van der Waals surface area (Å²) in [7, 11) is -1.91. The van der Waals surface area contributed by atoms with Gasteiger partial charge < -0.3 is 18.6 Å². The van der Waals surface area contributed by atoms with Crippen molar-refractivity contribution in [1.82, 2.24) is 0 Å². The van der Waals surface area contributed by atoms with Gasteiger partial charge in [0.05, 0.1) is 25.4 Å². The van der Waals surface area contributed by atoms with Crippen LogP contribution in [0, 0.1) is 11.8 Å². The zero-order valence-corrected chi connectivity index (χ0v) is 26.3. The van der Waals surface area contributed by atoms with Gasteiger partial charge in [0.15, 0.2) is 14.1 Å². The van der Waals surface area contributed by atoms with Crippen molar-refractivity contribution in [3.63, 3.8) is 0 Å². The van der Waals surface area contributed by atoms with Gasteiger partial charge in [-0.05, 0) is 74.9 Å². The zero-order valence-electron chi connectivity index (χ0n) is 25.3. The third-order valence-corrected chi connectivity index (χ3v) is 13.6. The molecule has 4 nitrogen and oxygen atoms in total. The molecule has 2 aliphatic rings. The molecule has 1 saturated heterocycles. The largest absolute Gasteiger partial charge is 0.414 e. The summed E-state index contributed by atoms with van der Waals surface area (Å²) >= 11 is 0. The second-order valence-corrected chi connectivity index (χ2v) is 17.8. The molecule has 1 aliphatic heterocycles. The summed E-state index contributed by atoms with van der Waals surface area (Å²) in [4.78, 5) is 0. The molecule has 0 amide bonds. The first-order chi connectivity index (χ1) is 17.6. The van der Waals surface area contributed by atoms with Crippen LogP contribution in [0.15, 0.2) is 25.3 Å². The summed E-state index contributed by atoms with van der Waals surface area (Å²) in [5, 5.41) is 0.187. The molecule has 216 valence electrons. The van der Waals surface area contributed by atoms with Gasteiger partial charge in [-0.15, -0.1) is 13.2 Å². The van der Waals surface area contributed by atoms with E-state index in [9.17, 15) is 0 Å². The molecule has 0 aromatic rings. The van der Waals surface area contributed by atoms with Gasteiger partial charge in [0.25, 0.3) is 0 Å². The number of hydrogen-bond donors (Lipinski definition) is 0. The van der Waals surface area contributed by atoms with Gasteiger partial charge in [-0.2, -0.15) is 0 Å². The van der Waals surface area contributed by atoms with Crippen molar-refractivity contribution in [3.05, 3.63) is 25.3 Å². The topological polar surface area (TPSA) is 36.9 Å². The first kappa shape index (κ1) is 32.7. The molecule has 0 N–H and O–H groups in total.